The average Bonchev–Trinajstić information content (AvgIpc) is 3.13. The SMILES string of the molecule is CCCN(C1CC1)C(CN)c1cccc(Br)c1. The standard InChI is InChI=1S/C14H21BrN2/c1-2-8-17(13-6-7-13)14(10-16)11-4-3-5-12(15)9-11/h3-5,9,13-14H,2,6-8,10,16H2,1H3. The Balaban J connectivity index is 2.18. The molecule has 1 aromatic rings. The molecular weight excluding hydrogens is 276 g/mol. The van der Waals surface area contributed by atoms with Gasteiger partial charge in [0, 0.05) is 23.1 Å². The maximum absolute atomic E-state index is 5.99. The fraction of sp³-hybridized carbons (Fsp3) is 0.571. The van der Waals surface area contributed by atoms with E-state index in [2.05, 4.69) is 52.0 Å². The lowest BCUT2D eigenvalue weighted by Gasteiger charge is -2.31. The van der Waals surface area contributed by atoms with Crippen molar-refractivity contribution in [2.24, 2.45) is 5.73 Å². The van der Waals surface area contributed by atoms with E-state index in [1.54, 1.807) is 0 Å². The Labute approximate surface area is 112 Å². The summed E-state index contributed by atoms with van der Waals surface area (Å²) in [6, 6.07) is 9.69. The second kappa shape index (κ2) is 5.98. The van der Waals surface area contributed by atoms with E-state index in [1.165, 1.54) is 24.8 Å². The highest BCUT2D eigenvalue weighted by Gasteiger charge is 2.33. The summed E-state index contributed by atoms with van der Waals surface area (Å²) in [4.78, 5) is 2.59. The van der Waals surface area contributed by atoms with Crippen molar-refractivity contribution in [3.05, 3.63) is 34.3 Å². The smallest absolute Gasteiger partial charge is 0.0473 e. The minimum atomic E-state index is 0.375. The van der Waals surface area contributed by atoms with E-state index in [0.717, 1.165) is 17.1 Å². The first-order valence-corrected chi connectivity index (χ1v) is 7.26. The van der Waals surface area contributed by atoms with Gasteiger partial charge in [0.1, 0.15) is 0 Å². The zero-order valence-electron chi connectivity index (χ0n) is 10.4. The fourth-order valence-corrected chi connectivity index (χ4v) is 2.85. The highest BCUT2D eigenvalue weighted by molar-refractivity contribution is 9.10. The summed E-state index contributed by atoms with van der Waals surface area (Å²) in [7, 11) is 0. The van der Waals surface area contributed by atoms with Gasteiger partial charge >= 0.3 is 0 Å². The number of nitrogens with two attached hydrogens (primary N) is 1. The first-order chi connectivity index (χ1) is 8.26. The van der Waals surface area contributed by atoms with Gasteiger partial charge in [-0.1, -0.05) is 35.0 Å². The van der Waals surface area contributed by atoms with Crippen LogP contribution in [0.5, 0.6) is 0 Å². The Morgan fingerprint density at radius 3 is 2.76 bits per heavy atom. The van der Waals surface area contributed by atoms with Crippen LogP contribution >= 0.6 is 15.9 Å². The average molecular weight is 297 g/mol. The number of halogens is 1. The normalized spacial score (nSPS) is 17.4. The molecule has 1 aliphatic rings. The van der Waals surface area contributed by atoms with E-state index >= 15 is 0 Å². The molecule has 0 saturated heterocycles. The molecule has 1 unspecified atom stereocenters. The van der Waals surface area contributed by atoms with Gasteiger partial charge in [-0.3, -0.25) is 4.90 Å². The lowest BCUT2D eigenvalue weighted by Crippen LogP contribution is -2.36. The third kappa shape index (κ3) is 3.30. The summed E-state index contributed by atoms with van der Waals surface area (Å²) in [5, 5.41) is 0. The predicted molar refractivity (Wildman–Crippen MR) is 76.0 cm³/mol. The number of hydrogen-bond donors (Lipinski definition) is 1. The summed E-state index contributed by atoms with van der Waals surface area (Å²) in [5.41, 5.74) is 7.33. The van der Waals surface area contributed by atoms with Crippen molar-refractivity contribution < 1.29 is 0 Å². The van der Waals surface area contributed by atoms with Gasteiger partial charge in [0.2, 0.25) is 0 Å². The van der Waals surface area contributed by atoms with Crippen molar-refractivity contribution in [1.82, 2.24) is 4.90 Å². The van der Waals surface area contributed by atoms with E-state index in [4.69, 9.17) is 5.73 Å². The molecule has 0 amide bonds. The molecule has 0 heterocycles. The Bertz CT molecular complexity index is 363. The molecule has 17 heavy (non-hydrogen) atoms. The van der Waals surface area contributed by atoms with Crippen LogP contribution in [0.2, 0.25) is 0 Å². The lowest BCUT2D eigenvalue weighted by molar-refractivity contribution is 0.191. The second-order valence-corrected chi connectivity index (χ2v) is 5.69. The van der Waals surface area contributed by atoms with Crippen molar-refractivity contribution in [2.75, 3.05) is 13.1 Å². The molecule has 0 spiro atoms. The summed E-state index contributed by atoms with van der Waals surface area (Å²) in [5.74, 6) is 0. The summed E-state index contributed by atoms with van der Waals surface area (Å²) < 4.78 is 1.14. The van der Waals surface area contributed by atoms with E-state index in [9.17, 15) is 0 Å². The van der Waals surface area contributed by atoms with Crippen molar-refractivity contribution in [1.29, 1.82) is 0 Å². The van der Waals surface area contributed by atoms with E-state index in [-0.39, 0.29) is 0 Å². The highest BCUT2D eigenvalue weighted by atomic mass is 79.9. The summed E-state index contributed by atoms with van der Waals surface area (Å²) >= 11 is 3.54. The monoisotopic (exact) mass is 296 g/mol. The van der Waals surface area contributed by atoms with Crippen LogP contribution in [0.4, 0.5) is 0 Å². The van der Waals surface area contributed by atoms with Crippen LogP contribution in [0.15, 0.2) is 28.7 Å². The zero-order valence-corrected chi connectivity index (χ0v) is 12.0. The molecule has 1 aromatic carbocycles. The fourth-order valence-electron chi connectivity index (χ4n) is 2.43. The maximum Gasteiger partial charge on any atom is 0.0473 e. The molecule has 2 N–H and O–H groups in total. The molecule has 0 radical (unpaired) electrons. The van der Waals surface area contributed by atoms with Gasteiger partial charge in [-0.05, 0) is 43.5 Å². The molecular formula is C14H21BrN2. The maximum atomic E-state index is 5.99. The number of hydrogen-bond acceptors (Lipinski definition) is 2. The van der Waals surface area contributed by atoms with Gasteiger partial charge in [0.05, 0.1) is 0 Å². The van der Waals surface area contributed by atoms with Crippen LogP contribution in [-0.2, 0) is 0 Å². The number of nitrogens with zero attached hydrogens (tertiary/aromatic N) is 1. The van der Waals surface area contributed by atoms with Crippen molar-refractivity contribution in [2.45, 2.75) is 38.3 Å². The van der Waals surface area contributed by atoms with Gasteiger partial charge < -0.3 is 5.73 Å². The number of benzene rings is 1. The summed E-state index contributed by atoms with van der Waals surface area (Å²) in [6.45, 7) is 4.09. The van der Waals surface area contributed by atoms with Crippen molar-refractivity contribution in [3.63, 3.8) is 0 Å². The van der Waals surface area contributed by atoms with E-state index in [1.807, 2.05) is 0 Å². The molecule has 1 fully saturated rings. The molecule has 94 valence electrons. The molecule has 2 nitrogen and oxygen atoms in total. The van der Waals surface area contributed by atoms with Crippen LogP contribution < -0.4 is 5.73 Å². The third-order valence-electron chi connectivity index (χ3n) is 3.35. The van der Waals surface area contributed by atoms with E-state index in [0.29, 0.717) is 12.6 Å². The minimum absolute atomic E-state index is 0.375. The van der Waals surface area contributed by atoms with Crippen LogP contribution in [0, 0.1) is 0 Å². The van der Waals surface area contributed by atoms with Crippen molar-refractivity contribution >= 4 is 15.9 Å². The van der Waals surface area contributed by atoms with Crippen LogP contribution in [0.25, 0.3) is 0 Å². The quantitative estimate of drug-likeness (QED) is 0.872. The zero-order chi connectivity index (χ0) is 12.3. The largest absolute Gasteiger partial charge is 0.329 e. The van der Waals surface area contributed by atoms with Crippen molar-refractivity contribution in [3.8, 4) is 0 Å². The van der Waals surface area contributed by atoms with Gasteiger partial charge in [-0.25, -0.2) is 0 Å². The van der Waals surface area contributed by atoms with Gasteiger partial charge in [-0.15, -0.1) is 0 Å². The molecule has 1 atom stereocenters. The Kier molecular flexibility index (Phi) is 4.60. The molecule has 3 heteroatoms. The molecule has 0 bridgehead atoms. The molecule has 1 aliphatic carbocycles. The van der Waals surface area contributed by atoms with Gasteiger partial charge in [0.25, 0.3) is 0 Å². The third-order valence-corrected chi connectivity index (χ3v) is 3.85. The van der Waals surface area contributed by atoms with Crippen LogP contribution in [0.1, 0.15) is 37.8 Å². The molecule has 1 saturated carbocycles. The van der Waals surface area contributed by atoms with Crippen LogP contribution in [-0.4, -0.2) is 24.0 Å². The second-order valence-electron chi connectivity index (χ2n) is 4.78. The molecule has 0 aliphatic heterocycles. The number of rotatable bonds is 6. The van der Waals surface area contributed by atoms with Gasteiger partial charge in [0.15, 0.2) is 0 Å². The lowest BCUT2D eigenvalue weighted by atomic mass is 10.0. The Morgan fingerprint density at radius 2 is 2.24 bits per heavy atom. The van der Waals surface area contributed by atoms with Crippen LogP contribution in [0.3, 0.4) is 0 Å². The highest BCUT2D eigenvalue weighted by Crippen LogP contribution is 2.34. The van der Waals surface area contributed by atoms with Gasteiger partial charge in [-0.2, -0.15) is 0 Å². The minimum Gasteiger partial charge on any atom is -0.329 e. The predicted octanol–water partition coefficient (Wildman–Crippen LogP) is 3.32. The molecule has 0 aromatic heterocycles. The summed E-state index contributed by atoms with van der Waals surface area (Å²) in [6.07, 6.45) is 3.87. The topological polar surface area (TPSA) is 29.3 Å². The van der Waals surface area contributed by atoms with E-state index < -0.39 is 0 Å². The first kappa shape index (κ1) is 13.1. The Morgan fingerprint density at radius 1 is 1.47 bits per heavy atom. The Hall–Kier alpha value is -0.380. The molecule has 2 rings (SSSR count). The first-order valence-electron chi connectivity index (χ1n) is 6.47.